The average molecular weight is 219 g/mol. The summed E-state index contributed by atoms with van der Waals surface area (Å²) in [6.07, 6.45) is 4.80. The maximum absolute atomic E-state index is 11.4. The number of aromatic nitrogens is 1. The minimum atomic E-state index is -0.456. The van der Waals surface area contributed by atoms with Crippen molar-refractivity contribution in [3.63, 3.8) is 0 Å². The van der Waals surface area contributed by atoms with Crippen LogP contribution in [0.25, 0.3) is 6.08 Å². The SMILES string of the molecule is Cc1ccc(/C=C/C(=O)OC(C)(C)C)nc1. The summed E-state index contributed by atoms with van der Waals surface area (Å²) in [6.45, 7) is 7.48. The molecule has 1 rings (SSSR count). The quantitative estimate of drug-likeness (QED) is 0.567. The standard InChI is InChI=1S/C13H17NO2/c1-10-5-6-11(14-9-10)7-8-12(15)16-13(2,3)4/h5-9H,1-4H3/b8-7+. The van der Waals surface area contributed by atoms with Gasteiger partial charge >= 0.3 is 5.97 Å². The van der Waals surface area contributed by atoms with E-state index < -0.39 is 5.60 Å². The number of hydrogen-bond donors (Lipinski definition) is 0. The van der Waals surface area contributed by atoms with Crippen molar-refractivity contribution in [1.29, 1.82) is 0 Å². The summed E-state index contributed by atoms with van der Waals surface area (Å²) < 4.78 is 5.13. The first kappa shape index (κ1) is 12.4. The Bertz CT molecular complexity index is 385. The zero-order valence-electron chi connectivity index (χ0n) is 10.2. The molecule has 16 heavy (non-hydrogen) atoms. The summed E-state index contributed by atoms with van der Waals surface area (Å²) in [5.41, 5.74) is 1.38. The molecule has 0 bridgehead atoms. The Morgan fingerprint density at radius 1 is 1.38 bits per heavy atom. The molecule has 0 radical (unpaired) electrons. The predicted octanol–water partition coefficient (Wildman–Crippen LogP) is 2.74. The molecule has 0 aliphatic rings. The van der Waals surface area contributed by atoms with Crippen molar-refractivity contribution in [3.8, 4) is 0 Å². The first-order chi connectivity index (χ1) is 7.37. The van der Waals surface area contributed by atoms with Gasteiger partial charge in [-0.15, -0.1) is 0 Å². The highest BCUT2D eigenvalue weighted by Gasteiger charge is 2.13. The van der Waals surface area contributed by atoms with Crippen molar-refractivity contribution in [2.45, 2.75) is 33.3 Å². The summed E-state index contributed by atoms with van der Waals surface area (Å²) in [4.78, 5) is 15.5. The highest BCUT2D eigenvalue weighted by molar-refractivity contribution is 5.86. The largest absolute Gasteiger partial charge is 0.457 e. The molecule has 0 atom stereocenters. The Balaban J connectivity index is 2.60. The number of nitrogens with zero attached hydrogens (tertiary/aromatic N) is 1. The third-order valence-electron chi connectivity index (χ3n) is 1.73. The van der Waals surface area contributed by atoms with Crippen molar-refractivity contribution < 1.29 is 9.53 Å². The van der Waals surface area contributed by atoms with Gasteiger partial charge in [-0.25, -0.2) is 4.79 Å². The number of ether oxygens (including phenoxy) is 1. The molecule has 0 N–H and O–H groups in total. The number of hydrogen-bond acceptors (Lipinski definition) is 3. The van der Waals surface area contributed by atoms with Crippen LogP contribution in [0, 0.1) is 6.92 Å². The van der Waals surface area contributed by atoms with Crippen LogP contribution in [0.15, 0.2) is 24.4 Å². The van der Waals surface area contributed by atoms with Gasteiger partial charge in [0.05, 0.1) is 5.69 Å². The van der Waals surface area contributed by atoms with Crippen LogP contribution in [0.3, 0.4) is 0 Å². The van der Waals surface area contributed by atoms with Gasteiger partial charge in [0.2, 0.25) is 0 Å². The van der Waals surface area contributed by atoms with E-state index in [1.807, 2.05) is 39.8 Å². The second kappa shape index (κ2) is 4.92. The molecule has 0 fully saturated rings. The van der Waals surface area contributed by atoms with Gasteiger partial charge < -0.3 is 4.74 Å². The number of rotatable bonds is 2. The lowest BCUT2D eigenvalue weighted by Gasteiger charge is -2.17. The Morgan fingerprint density at radius 2 is 2.06 bits per heavy atom. The monoisotopic (exact) mass is 219 g/mol. The molecule has 0 saturated carbocycles. The minimum Gasteiger partial charge on any atom is -0.457 e. The third kappa shape index (κ3) is 4.73. The van der Waals surface area contributed by atoms with E-state index in [4.69, 9.17) is 4.74 Å². The zero-order chi connectivity index (χ0) is 12.2. The van der Waals surface area contributed by atoms with Crippen LogP contribution < -0.4 is 0 Å². The molecule has 0 amide bonds. The molecule has 0 saturated heterocycles. The molecule has 3 heteroatoms. The van der Waals surface area contributed by atoms with E-state index in [1.54, 1.807) is 12.3 Å². The highest BCUT2D eigenvalue weighted by atomic mass is 16.6. The number of pyridine rings is 1. The number of carbonyl (C=O) groups is 1. The molecule has 86 valence electrons. The molecule has 0 spiro atoms. The predicted molar refractivity (Wildman–Crippen MR) is 63.9 cm³/mol. The smallest absolute Gasteiger partial charge is 0.331 e. The second-order valence-electron chi connectivity index (χ2n) is 4.63. The Kier molecular flexibility index (Phi) is 3.82. The van der Waals surface area contributed by atoms with Gasteiger partial charge in [-0.1, -0.05) is 6.07 Å². The molecule has 0 aliphatic carbocycles. The fraction of sp³-hybridized carbons (Fsp3) is 0.385. The third-order valence-corrected chi connectivity index (χ3v) is 1.73. The molecule has 1 aromatic rings. The molecule has 0 unspecified atom stereocenters. The van der Waals surface area contributed by atoms with E-state index in [9.17, 15) is 4.79 Å². The Morgan fingerprint density at radius 3 is 2.56 bits per heavy atom. The normalized spacial score (nSPS) is 11.8. The molecule has 3 nitrogen and oxygen atoms in total. The van der Waals surface area contributed by atoms with Gasteiger partial charge in [0.1, 0.15) is 5.60 Å². The summed E-state index contributed by atoms with van der Waals surface area (Å²) >= 11 is 0. The topological polar surface area (TPSA) is 39.2 Å². The van der Waals surface area contributed by atoms with E-state index in [-0.39, 0.29) is 5.97 Å². The second-order valence-corrected chi connectivity index (χ2v) is 4.63. The fourth-order valence-corrected chi connectivity index (χ4v) is 1.07. The van der Waals surface area contributed by atoms with Crippen LogP contribution in [0.5, 0.6) is 0 Å². The van der Waals surface area contributed by atoms with Crippen LogP contribution in [-0.2, 0) is 9.53 Å². The van der Waals surface area contributed by atoms with Crippen LogP contribution in [0.2, 0.25) is 0 Å². The fourth-order valence-electron chi connectivity index (χ4n) is 1.07. The molecule has 0 aromatic carbocycles. The molecule has 1 heterocycles. The van der Waals surface area contributed by atoms with Crippen molar-refractivity contribution in [3.05, 3.63) is 35.7 Å². The average Bonchev–Trinajstić information content (AvgIpc) is 2.14. The van der Waals surface area contributed by atoms with Crippen molar-refractivity contribution in [1.82, 2.24) is 4.98 Å². The van der Waals surface area contributed by atoms with Gasteiger partial charge in [0.15, 0.2) is 0 Å². The van der Waals surface area contributed by atoms with Crippen molar-refractivity contribution in [2.75, 3.05) is 0 Å². The molecular weight excluding hydrogens is 202 g/mol. The van der Waals surface area contributed by atoms with Crippen LogP contribution in [-0.4, -0.2) is 16.6 Å². The summed E-state index contributed by atoms with van der Waals surface area (Å²) in [6, 6.07) is 3.80. The lowest BCUT2D eigenvalue weighted by Crippen LogP contribution is -2.22. The Hall–Kier alpha value is -1.64. The highest BCUT2D eigenvalue weighted by Crippen LogP contribution is 2.08. The van der Waals surface area contributed by atoms with Crippen LogP contribution >= 0.6 is 0 Å². The number of esters is 1. The summed E-state index contributed by atoms with van der Waals surface area (Å²) in [5.74, 6) is -0.352. The van der Waals surface area contributed by atoms with Gasteiger partial charge in [0, 0.05) is 12.3 Å². The van der Waals surface area contributed by atoms with Gasteiger partial charge in [-0.05, 0) is 45.4 Å². The summed E-state index contributed by atoms with van der Waals surface area (Å²) in [5, 5.41) is 0. The van der Waals surface area contributed by atoms with Gasteiger partial charge in [-0.2, -0.15) is 0 Å². The Labute approximate surface area is 96.2 Å². The number of carbonyl (C=O) groups excluding carboxylic acids is 1. The summed E-state index contributed by atoms with van der Waals surface area (Å²) in [7, 11) is 0. The van der Waals surface area contributed by atoms with E-state index in [2.05, 4.69) is 4.98 Å². The lowest BCUT2D eigenvalue weighted by molar-refractivity contribution is -0.148. The first-order valence-corrected chi connectivity index (χ1v) is 5.20. The van der Waals surface area contributed by atoms with Crippen molar-refractivity contribution >= 4 is 12.0 Å². The molecule has 0 aliphatic heterocycles. The number of aryl methyl sites for hydroxylation is 1. The van der Waals surface area contributed by atoms with Gasteiger partial charge in [-0.3, -0.25) is 4.98 Å². The minimum absolute atomic E-state index is 0.352. The van der Waals surface area contributed by atoms with E-state index >= 15 is 0 Å². The maximum Gasteiger partial charge on any atom is 0.331 e. The van der Waals surface area contributed by atoms with Gasteiger partial charge in [0.25, 0.3) is 0 Å². The zero-order valence-corrected chi connectivity index (χ0v) is 10.2. The van der Waals surface area contributed by atoms with Crippen LogP contribution in [0.4, 0.5) is 0 Å². The van der Waals surface area contributed by atoms with Crippen LogP contribution in [0.1, 0.15) is 32.0 Å². The molecular formula is C13H17NO2. The maximum atomic E-state index is 11.4. The van der Waals surface area contributed by atoms with E-state index in [0.29, 0.717) is 0 Å². The first-order valence-electron chi connectivity index (χ1n) is 5.20. The lowest BCUT2D eigenvalue weighted by atomic mass is 10.2. The van der Waals surface area contributed by atoms with E-state index in [0.717, 1.165) is 11.3 Å². The van der Waals surface area contributed by atoms with Crippen molar-refractivity contribution in [2.24, 2.45) is 0 Å². The van der Waals surface area contributed by atoms with E-state index in [1.165, 1.54) is 6.08 Å². The molecule has 1 aromatic heterocycles.